The molecule has 19 nitrogen and oxygen atoms in total. The highest BCUT2D eigenvalue weighted by Crippen LogP contribution is 2.40. The van der Waals surface area contributed by atoms with Gasteiger partial charge in [0, 0.05) is 53.5 Å². The van der Waals surface area contributed by atoms with Crippen molar-refractivity contribution in [1.29, 1.82) is 0 Å². The van der Waals surface area contributed by atoms with Crippen LogP contribution in [0.4, 0.5) is 31.5 Å². The minimum atomic E-state index is -3.55. The van der Waals surface area contributed by atoms with Crippen molar-refractivity contribution in [3.05, 3.63) is 224 Å². The molecule has 12 rings (SSSR count). The Hall–Kier alpha value is -10.3. The van der Waals surface area contributed by atoms with Gasteiger partial charge in [0.05, 0.1) is 52.3 Å². The maximum atomic E-state index is 16.1. The van der Waals surface area contributed by atoms with Crippen molar-refractivity contribution in [2.75, 3.05) is 46.5 Å². The Morgan fingerprint density at radius 3 is 1.80 bits per heavy atom. The van der Waals surface area contributed by atoms with Gasteiger partial charge in [-0.3, -0.25) is 23.5 Å². The quantitative estimate of drug-likeness (QED) is 0.0479. The van der Waals surface area contributed by atoms with Crippen molar-refractivity contribution in [2.45, 2.75) is 53.2 Å². The average Bonchev–Trinajstić information content (AvgIpc) is 1.73. The summed E-state index contributed by atoms with van der Waals surface area (Å²) in [5.41, 5.74) is 7.57. The molecule has 91 heavy (non-hydrogen) atoms. The van der Waals surface area contributed by atoms with E-state index in [1.807, 2.05) is 139 Å². The lowest BCUT2D eigenvalue weighted by atomic mass is 10.1. The number of nitrogens with one attached hydrogen (secondary N) is 3. The minimum absolute atomic E-state index is 0.112. The summed E-state index contributed by atoms with van der Waals surface area (Å²) >= 11 is 3.39. The van der Waals surface area contributed by atoms with Crippen molar-refractivity contribution in [1.82, 2.24) is 44.3 Å². The fourth-order valence-corrected chi connectivity index (χ4v) is 12.3. The molecule has 0 spiro atoms. The summed E-state index contributed by atoms with van der Waals surface area (Å²) < 4.78 is 54.4. The van der Waals surface area contributed by atoms with E-state index in [0.29, 0.717) is 89.5 Å². The number of anilines is 4. The molecule has 2 atom stereocenters. The normalized spacial score (nSPS) is 12.2. The van der Waals surface area contributed by atoms with Crippen molar-refractivity contribution < 1.29 is 36.4 Å². The summed E-state index contributed by atoms with van der Waals surface area (Å²) in [5.74, 6) is 1.01. The zero-order chi connectivity index (χ0) is 63.0. The summed E-state index contributed by atoms with van der Waals surface area (Å²) in [6, 6.07) is 50.6. The van der Waals surface area contributed by atoms with Crippen LogP contribution in [-0.4, -0.2) is 92.9 Å². The van der Waals surface area contributed by atoms with Crippen molar-refractivity contribution in [3.8, 4) is 56.8 Å². The Balaban J connectivity index is 0.712. The SMILES string of the molecule is CC(Sc1nnc(-c2coc(-c3ccc(NC(=O)CSc4nnc(-c5ccoc5)n4C(F)(F)c4ccccc4)cc3)c2)n1C(C)c1ccccc1)C(=O)Nc1cccc(-c2cc(-c3nnc(SCC(=O)Nc4ccccc4)n3Cc3ccc(N(C)C)cc3)co2)c1. The van der Waals surface area contributed by atoms with E-state index in [9.17, 15) is 14.4 Å². The maximum absolute atomic E-state index is 16.1. The van der Waals surface area contributed by atoms with E-state index in [0.717, 1.165) is 28.6 Å². The Morgan fingerprint density at radius 2 is 1.13 bits per heavy atom. The number of carbonyl (C=O) groups is 3. The van der Waals surface area contributed by atoms with E-state index in [4.69, 9.17) is 13.3 Å². The van der Waals surface area contributed by atoms with Crippen LogP contribution in [0.1, 0.15) is 36.6 Å². The molecule has 3 N–H and O–H groups in total. The van der Waals surface area contributed by atoms with Crippen molar-refractivity contribution in [3.63, 3.8) is 0 Å². The molecular weight excluding hydrogens is 1220 g/mol. The summed E-state index contributed by atoms with van der Waals surface area (Å²) in [6.07, 6.45) is 5.89. The maximum Gasteiger partial charge on any atom is 0.359 e. The molecule has 0 bridgehead atoms. The van der Waals surface area contributed by atoms with E-state index in [2.05, 4.69) is 70.8 Å². The minimum Gasteiger partial charge on any atom is -0.472 e. The molecular formula is C67H57F2N13O6S3. The number of thioether (sulfide) groups is 3. The summed E-state index contributed by atoms with van der Waals surface area (Å²) in [7, 11) is 3.98. The van der Waals surface area contributed by atoms with Gasteiger partial charge in [-0.15, -0.1) is 30.6 Å². The number of aromatic nitrogens is 9. The largest absolute Gasteiger partial charge is 0.472 e. The lowest BCUT2D eigenvalue weighted by Crippen LogP contribution is -2.26. The summed E-state index contributed by atoms with van der Waals surface area (Å²) in [6.45, 7) is 4.29. The molecule has 24 heteroatoms. The van der Waals surface area contributed by atoms with Gasteiger partial charge in [-0.05, 0) is 104 Å². The number of carbonyl (C=O) groups excluding carboxylic acids is 3. The zero-order valence-electron chi connectivity index (χ0n) is 49.3. The van der Waals surface area contributed by atoms with Crippen LogP contribution in [0, 0.1) is 0 Å². The number of alkyl halides is 2. The van der Waals surface area contributed by atoms with Gasteiger partial charge in [-0.2, -0.15) is 8.78 Å². The number of hydrogen-bond donors (Lipinski definition) is 3. The second-order valence-corrected chi connectivity index (χ2v) is 24.3. The number of benzene rings is 6. The number of halogens is 2. The molecule has 12 aromatic rings. The van der Waals surface area contributed by atoms with Crippen LogP contribution < -0.4 is 20.9 Å². The van der Waals surface area contributed by atoms with Crippen LogP contribution in [0.5, 0.6) is 0 Å². The van der Waals surface area contributed by atoms with Gasteiger partial charge in [-0.1, -0.05) is 138 Å². The topological polar surface area (TPSA) is 222 Å². The molecule has 6 heterocycles. The second-order valence-electron chi connectivity index (χ2n) is 21.1. The molecule has 6 aromatic heterocycles. The highest BCUT2D eigenvalue weighted by molar-refractivity contribution is 8.00. The Bertz CT molecular complexity index is 4460. The molecule has 0 saturated heterocycles. The van der Waals surface area contributed by atoms with Gasteiger partial charge >= 0.3 is 6.05 Å². The summed E-state index contributed by atoms with van der Waals surface area (Å²) in [4.78, 5) is 42.5. The summed E-state index contributed by atoms with van der Waals surface area (Å²) in [5, 5.41) is 35.7. The van der Waals surface area contributed by atoms with Crippen LogP contribution >= 0.6 is 35.3 Å². The van der Waals surface area contributed by atoms with Gasteiger partial charge in [0.2, 0.25) is 17.7 Å². The molecule has 458 valence electrons. The first-order valence-corrected chi connectivity index (χ1v) is 31.4. The average molecular weight is 1270 g/mol. The van der Waals surface area contributed by atoms with Crippen molar-refractivity contribution >= 4 is 75.8 Å². The number of amides is 3. The number of furan rings is 3. The van der Waals surface area contributed by atoms with E-state index in [1.54, 1.807) is 42.9 Å². The monoisotopic (exact) mass is 1270 g/mol. The molecule has 3 amide bonds. The first-order chi connectivity index (χ1) is 44.2. The predicted octanol–water partition coefficient (Wildman–Crippen LogP) is 14.5. The van der Waals surface area contributed by atoms with E-state index < -0.39 is 17.2 Å². The zero-order valence-corrected chi connectivity index (χ0v) is 51.8. The van der Waals surface area contributed by atoms with Gasteiger partial charge < -0.3 is 34.1 Å². The van der Waals surface area contributed by atoms with Crippen LogP contribution in [0.15, 0.2) is 236 Å². The number of nitrogens with zero attached hydrogens (tertiary/aromatic N) is 10. The van der Waals surface area contributed by atoms with Crippen LogP contribution in [-0.2, 0) is 27.0 Å². The third-order valence-electron chi connectivity index (χ3n) is 14.6. The second kappa shape index (κ2) is 27.2. The number of hydrogen-bond acceptors (Lipinski definition) is 16. The molecule has 0 saturated carbocycles. The smallest absolute Gasteiger partial charge is 0.359 e. The van der Waals surface area contributed by atoms with E-state index in [-0.39, 0.29) is 45.9 Å². The lowest BCUT2D eigenvalue weighted by Gasteiger charge is -2.21. The fraction of sp³-hybridized carbons (Fsp3) is 0.149. The third-order valence-corrected chi connectivity index (χ3v) is 17.6. The third kappa shape index (κ3) is 14.0. The predicted molar refractivity (Wildman–Crippen MR) is 349 cm³/mol. The van der Waals surface area contributed by atoms with Crippen LogP contribution in [0.25, 0.3) is 56.8 Å². The molecule has 6 aromatic carbocycles. The van der Waals surface area contributed by atoms with Gasteiger partial charge in [0.15, 0.2) is 32.9 Å². The molecule has 0 aliphatic rings. The molecule has 0 radical (unpaired) electrons. The lowest BCUT2D eigenvalue weighted by molar-refractivity contribution is -0.115. The van der Waals surface area contributed by atoms with Gasteiger partial charge in [0.1, 0.15) is 30.3 Å². The Labute approximate surface area is 533 Å². The molecule has 0 aliphatic carbocycles. The van der Waals surface area contributed by atoms with Gasteiger partial charge in [-0.25, -0.2) is 4.57 Å². The Morgan fingerprint density at radius 1 is 0.549 bits per heavy atom. The first kappa shape index (κ1) is 61.0. The molecule has 2 unspecified atom stereocenters. The fourth-order valence-electron chi connectivity index (χ4n) is 9.89. The highest BCUT2D eigenvalue weighted by atomic mass is 32.2. The van der Waals surface area contributed by atoms with E-state index in [1.165, 1.54) is 66.4 Å². The number of rotatable bonds is 24. The van der Waals surface area contributed by atoms with Gasteiger partial charge in [0.25, 0.3) is 0 Å². The Kier molecular flexibility index (Phi) is 18.2. The van der Waals surface area contributed by atoms with Crippen molar-refractivity contribution in [2.24, 2.45) is 0 Å². The van der Waals surface area contributed by atoms with Crippen LogP contribution in [0.3, 0.4) is 0 Å². The van der Waals surface area contributed by atoms with Crippen LogP contribution in [0.2, 0.25) is 0 Å². The standard InChI is InChI=1S/C67H57F2N13O6S3/c1-42(45-15-8-5-9-16-45)81-61(50-35-56(87-39-50)46-25-27-53(28-26-46)71-59(84)41-90-66-78-75-62(48-31-32-86-37-48)82(66)67(68,69)51-18-10-6-11-19-51)74-77-65(81)91-43(2)63(85)72-54-22-14-17-47(33-54)57-34-49(38-88-57)60-73-76-64(89-40-58(83)70-52-20-12-7-13-21-52)80(60)36-44-23-29-55(30-24-44)79(3)4/h5-35,37-39,42-43H,36,40-41H2,1-4H3,(H,70,83)(H,71,84)(H,72,85). The highest BCUT2D eigenvalue weighted by Gasteiger charge is 2.40. The molecule has 0 aliphatic heterocycles. The van der Waals surface area contributed by atoms with E-state index >= 15 is 8.78 Å². The first-order valence-electron chi connectivity index (χ1n) is 28.6. The number of para-hydroxylation sites is 1. The molecule has 0 fully saturated rings.